The summed E-state index contributed by atoms with van der Waals surface area (Å²) in [7, 11) is 0. The van der Waals surface area contributed by atoms with Gasteiger partial charge in [0.05, 0.1) is 5.69 Å². The molecule has 0 aromatic carbocycles. The SMILES string of the molecule is CC(=O)N1CCN(c2cc(C(C)(C)C)ncn2)CC1. The Balaban J connectivity index is 2.10. The van der Waals surface area contributed by atoms with Crippen molar-refractivity contribution in [2.75, 3.05) is 31.1 Å². The van der Waals surface area contributed by atoms with Crippen molar-refractivity contribution >= 4 is 11.7 Å². The summed E-state index contributed by atoms with van der Waals surface area (Å²) in [4.78, 5) is 24.1. The first-order valence-electron chi connectivity index (χ1n) is 6.71. The van der Waals surface area contributed by atoms with Crippen LogP contribution >= 0.6 is 0 Å². The molecule has 1 aromatic rings. The second kappa shape index (κ2) is 5.15. The summed E-state index contributed by atoms with van der Waals surface area (Å²) < 4.78 is 0. The number of amides is 1. The van der Waals surface area contributed by atoms with Crippen LogP contribution in [0.5, 0.6) is 0 Å². The average molecular weight is 262 g/mol. The minimum absolute atomic E-state index is 0.0267. The lowest BCUT2D eigenvalue weighted by atomic mass is 9.92. The molecule has 0 spiro atoms. The van der Waals surface area contributed by atoms with E-state index in [-0.39, 0.29) is 11.3 Å². The molecule has 0 bridgehead atoms. The van der Waals surface area contributed by atoms with Crippen LogP contribution in [0.25, 0.3) is 0 Å². The Bertz CT molecular complexity index is 459. The van der Waals surface area contributed by atoms with E-state index >= 15 is 0 Å². The van der Waals surface area contributed by atoms with Gasteiger partial charge in [-0.15, -0.1) is 0 Å². The zero-order valence-corrected chi connectivity index (χ0v) is 12.2. The lowest BCUT2D eigenvalue weighted by molar-refractivity contribution is -0.129. The van der Waals surface area contributed by atoms with Gasteiger partial charge in [-0.1, -0.05) is 20.8 Å². The van der Waals surface area contributed by atoms with E-state index in [9.17, 15) is 4.79 Å². The molecular weight excluding hydrogens is 240 g/mol. The molecule has 0 saturated carbocycles. The van der Waals surface area contributed by atoms with E-state index < -0.39 is 0 Å². The molecule has 0 atom stereocenters. The van der Waals surface area contributed by atoms with E-state index in [2.05, 4.69) is 41.7 Å². The van der Waals surface area contributed by atoms with Gasteiger partial charge < -0.3 is 9.80 Å². The van der Waals surface area contributed by atoms with Crippen molar-refractivity contribution in [3.05, 3.63) is 18.1 Å². The maximum atomic E-state index is 11.3. The van der Waals surface area contributed by atoms with Crippen LogP contribution in [0, 0.1) is 0 Å². The van der Waals surface area contributed by atoms with Crippen molar-refractivity contribution in [1.82, 2.24) is 14.9 Å². The first-order valence-corrected chi connectivity index (χ1v) is 6.71. The first kappa shape index (κ1) is 13.8. The molecule has 104 valence electrons. The highest BCUT2D eigenvalue weighted by atomic mass is 16.2. The van der Waals surface area contributed by atoms with Gasteiger partial charge in [0.1, 0.15) is 12.1 Å². The Morgan fingerprint density at radius 3 is 2.32 bits per heavy atom. The Morgan fingerprint density at radius 2 is 1.79 bits per heavy atom. The molecule has 2 heterocycles. The minimum Gasteiger partial charge on any atom is -0.353 e. The predicted molar refractivity (Wildman–Crippen MR) is 75.2 cm³/mol. The van der Waals surface area contributed by atoms with Crippen molar-refractivity contribution in [3.8, 4) is 0 Å². The molecule has 0 aliphatic carbocycles. The van der Waals surface area contributed by atoms with Gasteiger partial charge in [0, 0.05) is 44.6 Å². The second-order valence-electron chi connectivity index (χ2n) is 6.00. The standard InChI is InChI=1S/C14H22N4O/c1-11(19)17-5-7-18(8-6-17)13-9-12(14(2,3)4)15-10-16-13/h9-10H,5-8H2,1-4H3. The Labute approximate surface area is 114 Å². The quantitative estimate of drug-likeness (QED) is 0.768. The van der Waals surface area contributed by atoms with Crippen LogP contribution in [0.15, 0.2) is 12.4 Å². The molecule has 1 fully saturated rings. The summed E-state index contributed by atoms with van der Waals surface area (Å²) in [6, 6.07) is 2.06. The van der Waals surface area contributed by atoms with Gasteiger partial charge in [-0.3, -0.25) is 4.79 Å². The van der Waals surface area contributed by atoms with Crippen molar-refractivity contribution in [2.24, 2.45) is 0 Å². The van der Waals surface area contributed by atoms with Crippen molar-refractivity contribution in [1.29, 1.82) is 0 Å². The highest BCUT2D eigenvalue weighted by molar-refractivity contribution is 5.73. The normalized spacial score (nSPS) is 16.6. The third kappa shape index (κ3) is 3.22. The highest BCUT2D eigenvalue weighted by Gasteiger charge is 2.22. The van der Waals surface area contributed by atoms with Crippen LogP contribution in [0.4, 0.5) is 5.82 Å². The number of piperazine rings is 1. The van der Waals surface area contributed by atoms with Gasteiger partial charge in [0.15, 0.2) is 0 Å². The fourth-order valence-electron chi connectivity index (χ4n) is 2.18. The molecule has 1 amide bonds. The van der Waals surface area contributed by atoms with Gasteiger partial charge in [0.2, 0.25) is 5.91 Å². The van der Waals surface area contributed by atoms with Crippen LogP contribution < -0.4 is 4.90 Å². The highest BCUT2D eigenvalue weighted by Crippen LogP contribution is 2.23. The van der Waals surface area contributed by atoms with Crippen LogP contribution in [-0.4, -0.2) is 47.0 Å². The van der Waals surface area contributed by atoms with E-state index in [1.807, 2.05) is 4.90 Å². The summed E-state index contributed by atoms with van der Waals surface area (Å²) >= 11 is 0. The van der Waals surface area contributed by atoms with Crippen molar-refractivity contribution in [3.63, 3.8) is 0 Å². The van der Waals surface area contributed by atoms with Gasteiger partial charge in [-0.2, -0.15) is 0 Å². The second-order valence-corrected chi connectivity index (χ2v) is 6.00. The van der Waals surface area contributed by atoms with E-state index in [0.717, 1.165) is 37.7 Å². The number of hydrogen-bond acceptors (Lipinski definition) is 4. The van der Waals surface area contributed by atoms with Gasteiger partial charge in [-0.05, 0) is 0 Å². The average Bonchev–Trinajstić information content (AvgIpc) is 2.38. The number of aromatic nitrogens is 2. The Morgan fingerprint density at radius 1 is 1.16 bits per heavy atom. The number of nitrogens with zero attached hydrogens (tertiary/aromatic N) is 4. The molecule has 0 N–H and O–H groups in total. The van der Waals surface area contributed by atoms with E-state index in [1.165, 1.54) is 0 Å². The van der Waals surface area contributed by atoms with Gasteiger partial charge in [-0.25, -0.2) is 9.97 Å². The molecule has 1 aliphatic heterocycles. The third-order valence-corrected chi connectivity index (χ3v) is 3.47. The minimum atomic E-state index is 0.0267. The van der Waals surface area contributed by atoms with Crippen LogP contribution in [-0.2, 0) is 10.2 Å². The molecule has 2 rings (SSSR count). The van der Waals surface area contributed by atoms with Crippen molar-refractivity contribution < 1.29 is 4.79 Å². The van der Waals surface area contributed by atoms with Crippen LogP contribution in [0.3, 0.4) is 0 Å². The Kier molecular flexibility index (Phi) is 3.73. The van der Waals surface area contributed by atoms with Crippen LogP contribution in [0.2, 0.25) is 0 Å². The van der Waals surface area contributed by atoms with Gasteiger partial charge in [0.25, 0.3) is 0 Å². The molecule has 1 aliphatic rings. The van der Waals surface area contributed by atoms with E-state index in [1.54, 1.807) is 13.3 Å². The smallest absolute Gasteiger partial charge is 0.219 e. The summed E-state index contributed by atoms with van der Waals surface area (Å²) in [5.74, 6) is 1.11. The topological polar surface area (TPSA) is 49.3 Å². The van der Waals surface area contributed by atoms with Crippen LogP contribution in [0.1, 0.15) is 33.4 Å². The molecule has 19 heavy (non-hydrogen) atoms. The molecule has 5 nitrogen and oxygen atoms in total. The van der Waals surface area contributed by atoms with E-state index in [0.29, 0.717) is 0 Å². The lowest BCUT2D eigenvalue weighted by Gasteiger charge is -2.35. The fraction of sp³-hybridized carbons (Fsp3) is 0.643. The largest absolute Gasteiger partial charge is 0.353 e. The molecule has 5 heteroatoms. The molecule has 0 radical (unpaired) electrons. The summed E-state index contributed by atoms with van der Waals surface area (Å²) in [5, 5.41) is 0. The zero-order valence-electron chi connectivity index (χ0n) is 12.2. The summed E-state index contributed by atoms with van der Waals surface area (Å²) in [6.45, 7) is 11.3. The lowest BCUT2D eigenvalue weighted by Crippen LogP contribution is -2.48. The zero-order chi connectivity index (χ0) is 14.0. The Hall–Kier alpha value is -1.65. The van der Waals surface area contributed by atoms with Crippen molar-refractivity contribution in [2.45, 2.75) is 33.1 Å². The first-order chi connectivity index (χ1) is 8.88. The van der Waals surface area contributed by atoms with E-state index in [4.69, 9.17) is 0 Å². The maximum absolute atomic E-state index is 11.3. The maximum Gasteiger partial charge on any atom is 0.219 e. The van der Waals surface area contributed by atoms with Gasteiger partial charge >= 0.3 is 0 Å². The molecule has 1 saturated heterocycles. The molecular formula is C14H22N4O. The monoisotopic (exact) mass is 262 g/mol. The molecule has 0 unspecified atom stereocenters. The number of carbonyl (C=O) groups is 1. The fourth-order valence-corrected chi connectivity index (χ4v) is 2.18. The number of carbonyl (C=O) groups excluding carboxylic acids is 1. The third-order valence-electron chi connectivity index (χ3n) is 3.47. The summed E-state index contributed by atoms with van der Waals surface area (Å²) in [6.07, 6.45) is 1.63. The predicted octanol–water partition coefficient (Wildman–Crippen LogP) is 1.44. The summed E-state index contributed by atoms with van der Waals surface area (Å²) in [5.41, 5.74) is 1.07. The number of anilines is 1. The number of rotatable bonds is 1. The molecule has 1 aromatic heterocycles. The number of hydrogen-bond donors (Lipinski definition) is 0.